The lowest BCUT2D eigenvalue weighted by atomic mass is 9.97. The molecule has 7 heteroatoms. The minimum atomic E-state index is 0.00656. The highest BCUT2D eigenvalue weighted by molar-refractivity contribution is 7.09. The van der Waals surface area contributed by atoms with Crippen molar-refractivity contribution in [2.24, 2.45) is 5.92 Å². The maximum atomic E-state index is 12.3. The number of aromatic nitrogens is 2. The molecule has 0 bridgehead atoms. The normalized spacial score (nSPS) is 17.5. The number of hydrogen-bond acceptors (Lipinski definition) is 6. The van der Waals surface area contributed by atoms with E-state index in [-0.39, 0.29) is 11.8 Å². The number of benzene rings is 1. The monoisotopic (exact) mass is 360 g/mol. The van der Waals surface area contributed by atoms with Gasteiger partial charge in [-0.05, 0) is 18.4 Å². The Kier molecular flexibility index (Phi) is 6.36. The van der Waals surface area contributed by atoms with Crippen molar-refractivity contribution in [3.8, 4) is 0 Å². The molecule has 1 unspecified atom stereocenters. The minimum Gasteiger partial charge on any atom is -0.383 e. The van der Waals surface area contributed by atoms with Gasteiger partial charge in [0.1, 0.15) is 5.82 Å². The first-order chi connectivity index (χ1) is 12.3. The summed E-state index contributed by atoms with van der Waals surface area (Å²) in [6, 6.07) is 10.2. The van der Waals surface area contributed by atoms with Gasteiger partial charge in [0, 0.05) is 44.7 Å². The molecule has 1 aliphatic heterocycles. The fourth-order valence-corrected chi connectivity index (χ4v) is 3.73. The van der Waals surface area contributed by atoms with Gasteiger partial charge in [0.15, 0.2) is 0 Å². The lowest BCUT2D eigenvalue weighted by Gasteiger charge is -2.31. The summed E-state index contributed by atoms with van der Waals surface area (Å²) in [4.78, 5) is 19.1. The van der Waals surface area contributed by atoms with E-state index in [9.17, 15) is 4.79 Å². The van der Waals surface area contributed by atoms with Crippen LogP contribution in [0.25, 0.3) is 0 Å². The van der Waals surface area contributed by atoms with E-state index in [0.29, 0.717) is 19.7 Å². The largest absolute Gasteiger partial charge is 0.383 e. The highest BCUT2D eigenvalue weighted by atomic mass is 32.1. The Balaban J connectivity index is 1.57. The van der Waals surface area contributed by atoms with E-state index in [0.717, 1.165) is 36.8 Å². The van der Waals surface area contributed by atoms with Crippen LogP contribution in [0.1, 0.15) is 24.2 Å². The quantitative estimate of drug-likeness (QED) is 0.766. The lowest BCUT2D eigenvalue weighted by molar-refractivity contribution is -0.125. The van der Waals surface area contributed by atoms with Crippen LogP contribution < -0.4 is 10.2 Å². The van der Waals surface area contributed by atoms with Crippen LogP contribution in [-0.2, 0) is 16.0 Å². The first-order valence-corrected chi connectivity index (χ1v) is 9.41. The van der Waals surface area contributed by atoms with E-state index in [1.165, 1.54) is 17.1 Å². The molecule has 6 nitrogen and oxygen atoms in total. The average molecular weight is 360 g/mol. The molecular weight excluding hydrogens is 336 g/mol. The molecule has 0 spiro atoms. The molecule has 134 valence electrons. The molecule has 0 aliphatic carbocycles. The van der Waals surface area contributed by atoms with Gasteiger partial charge in [-0.1, -0.05) is 30.3 Å². The van der Waals surface area contributed by atoms with Crippen molar-refractivity contribution in [1.82, 2.24) is 14.7 Å². The van der Waals surface area contributed by atoms with Crippen LogP contribution >= 0.6 is 11.5 Å². The first-order valence-electron chi connectivity index (χ1n) is 8.64. The molecule has 1 fully saturated rings. The van der Waals surface area contributed by atoms with Gasteiger partial charge in [-0.2, -0.15) is 4.37 Å². The number of nitrogens with zero attached hydrogens (tertiary/aromatic N) is 3. The van der Waals surface area contributed by atoms with Crippen molar-refractivity contribution in [2.45, 2.75) is 19.3 Å². The SMILES string of the molecule is COCCNC(=O)C1CCCN(c2nc(Cc3ccccc3)ns2)C1. The van der Waals surface area contributed by atoms with Crippen molar-refractivity contribution >= 4 is 22.6 Å². The van der Waals surface area contributed by atoms with Crippen LogP contribution in [0.4, 0.5) is 5.13 Å². The number of carbonyl (C=O) groups excluding carboxylic acids is 1. The summed E-state index contributed by atoms with van der Waals surface area (Å²) in [7, 11) is 1.64. The molecule has 3 rings (SSSR count). The Morgan fingerprint density at radius 2 is 2.24 bits per heavy atom. The van der Waals surface area contributed by atoms with Gasteiger partial charge in [0.25, 0.3) is 0 Å². The smallest absolute Gasteiger partial charge is 0.224 e. The second-order valence-electron chi connectivity index (χ2n) is 6.22. The third kappa shape index (κ3) is 4.99. The van der Waals surface area contributed by atoms with Gasteiger partial charge >= 0.3 is 0 Å². The topological polar surface area (TPSA) is 67.3 Å². The first kappa shape index (κ1) is 17.8. The van der Waals surface area contributed by atoms with Crippen LogP contribution in [0.3, 0.4) is 0 Å². The molecule has 1 atom stereocenters. The van der Waals surface area contributed by atoms with Crippen LogP contribution in [0.5, 0.6) is 0 Å². The van der Waals surface area contributed by atoms with Crippen molar-refractivity contribution in [3.63, 3.8) is 0 Å². The Morgan fingerprint density at radius 1 is 1.40 bits per heavy atom. The molecule has 2 heterocycles. The molecule has 25 heavy (non-hydrogen) atoms. The third-order valence-corrected chi connectivity index (χ3v) is 5.15. The number of ether oxygens (including phenoxy) is 1. The van der Waals surface area contributed by atoms with Crippen molar-refractivity contribution in [2.75, 3.05) is 38.3 Å². The number of nitrogens with one attached hydrogen (secondary N) is 1. The molecule has 1 aromatic heterocycles. The van der Waals surface area contributed by atoms with E-state index >= 15 is 0 Å². The number of rotatable bonds is 7. The highest BCUT2D eigenvalue weighted by Gasteiger charge is 2.27. The van der Waals surface area contributed by atoms with E-state index in [2.05, 4.69) is 31.7 Å². The van der Waals surface area contributed by atoms with Crippen LogP contribution in [0.15, 0.2) is 30.3 Å². The maximum absolute atomic E-state index is 12.3. The van der Waals surface area contributed by atoms with Gasteiger partial charge in [-0.25, -0.2) is 4.98 Å². The Bertz CT molecular complexity index is 677. The summed E-state index contributed by atoms with van der Waals surface area (Å²) in [6.07, 6.45) is 2.66. The standard InChI is InChI=1S/C18H24N4O2S/c1-24-11-9-19-17(23)15-8-5-10-22(13-15)18-20-16(21-25-18)12-14-6-3-2-4-7-14/h2-4,6-7,15H,5,8-13H2,1H3,(H,19,23). The average Bonchev–Trinajstić information content (AvgIpc) is 3.11. The predicted molar refractivity (Wildman–Crippen MR) is 99.0 cm³/mol. The molecule has 0 saturated carbocycles. The van der Waals surface area contributed by atoms with Crippen LogP contribution in [0.2, 0.25) is 0 Å². The van der Waals surface area contributed by atoms with Gasteiger partial charge in [0.2, 0.25) is 11.0 Å². The van der Waals surface area contributed by atoms with Gasteiger partial charge < -0.3 is 15.0 Å². The second kappa shape index (κ2) is 8.92. The lowest BCUT2D eigenvalue weighted by Crippen LogP contribution is -2.43. The van der Waals surface area contributed by atoms with Crippen molar-refractivity contribution < 1.29 is 9.53 Å². The Morgan fingerprint density at radius 3 is 3.04 bits per heavy atom. The van der Waals surface area contributed by atoms with Crippen LogP contribution in [-0.4, -0.2) is 48.6 Å². The molecule has 1 N–H and O–H groups in total. The molecule has 1 saturated heterocycles. The summed E-state index contributed by atoms with van der Waals surface area (Å²) in [5, 5.41) is 3.86. The fourth-order valence-electron chi connectivity index (χ4n) is 3.01. The molecule has 1 amide bonds. The summed E-state index contributed by atoms with van der Waals surface area (Å²) in [5.41, 5.74) is 1.21. The predicted octanol–water partition coefficient (Wildman–Crippen LogP) is 2.11. The summed E-state index contributed by atoms with van der Waals surface area (Å²) in [6.45, 7) is 2.74. The van der Waals surface area contributed by atoms with E-state index < -0.39 is 0 Å². The molecular formula is C18H24N4O2S. The summed E-state index contributed by atoms with van der Waals surface area (Å²) in [5.74, 6) is 0.959. The van der Waals surface area contributed by atoms with Gasteiger partial charge in [-0.3, -0.25) is 4.79 Å². The second-order valence-corrected chi connectivity index (χ2v) is 6.95. The summed E-state index contributed by atoms with van der Waals surface area (Å²) < 4.78 is 9.47. The number of anilines is 1. The Labute approximate surface area is 152 Å². The zero-order chi connectivity index (χ0) is 17.5. The molecule has 2 aromatic rings. The van der Waals surface area contributed by atoms with E-state index in [4.69, 9.17) is 4.74 Å². The van der Waals surface area contributed by atoms with Gasteiger partial charge in [-0.15, -0.1) is 0 Å². The number of hydrogen-bond donors (Lipinski definition) is 1. The maximum Gasteiger partial charge on any atom is 0.224 e. The third-order valence-electron chi connectivity index (χ3n) is 4.33. The fraction of sp³-hybridized carbons (Fsp3) is 0.500. The molecule has 1 aliphatic rings. The number of carbonyl (C=O) groups is 1. The highest BCUT2D eigenvalue weighted by Crippen LogP contribution is 2.25. The number of piperidine rings is 1. The number of methoxy groups -OCH3 is 1. The zero-order valence-corrected chi connectivity index (χ0v) is 15.3. The Hall–Kier alpha value is -1.99. The van der Waals surface area contributed by atoms with E-state index in [1.54, 1.807) is 7.11 Å². The molecule has 0 radical (unpaired) electrons. The summed E-state index contributed by atoms with van der Waals surface area (Å²) >= 11 is 1.42. The molecule has 1 aromatic carbocycles. The van der Waals surface area contributed by atoms with Gasteiger partial charge in [0.05, 0.1) is 12.5 Å². The number of amides is 1. The zero-order valence-electron chi connectivity index (χ0n) is 14.5. The minimum absolute atomic E-state index is 0.00656. The van der Waals surface area contributed by atoms with Crippen LogP contribution in [0, 0.1) is 5.92 Å². The van der Waals surface area contributed by atoms with Crippen molar-refractivity contribution in [3.05, 3.63) is 41.7 Å². The van der Waals surface area contributed by atoms with Crippen molar-refractivity contribution in [1.29, 1.82) is 0 Å². The van der Waals surface area contributed by atoms with E-state index in [1.807, 2.05) is 18.2 Å².